The van der Waals surface area contributed by atoms with Crippen molar-refractivity contribution in [2.24, 2.45) is 0 Å². The van der Waals surface area contributed by atoms with E-state index >= 15 is 0 Å². The van der Waals surface area contributed by atoms with Gasteiger partial charge in [0.05, 0.1) is 11.4 Å². The average Bonchev–Trinajstić information content (AvgIpc) is 3.33. The summed E-state index contributed by atoms with van der Waals surface area (Å²) in [5.41, 5.74) is 6.93. The van der Waals surface area contributed by atoms with E-state index in [-0.39, 0.29) is 5.91 Å². The fourth-order valence-corrected chi connectivity index (χ4v) is 4.61. The number of nitrogens with zero attached hydrogens (tertiary/aromatic N) is 4. The number of aromatic nitrogens is 3. The van der Waals surface area contributed by atoms with Crippen LogP contribution in [0.4, 0.5) is 0 Å². The number of carbonyl (C=O) groups excluding carboxylic acids is 1. The highest BCUT2D eigenvalue weighted by Gasteiger charge is 2.22. The van der Waals surface area contributed by atoms with Crippen molar-refractivity contribution in [3.63, 3.8) is 0 Å². The molecule has 0 radical (unpaired) electrons. The second-order valence-electron chi connectivity index (χ2n) is 8.59. The SMILES string of the molecule is Cc1ccn2c(CN3CCN(C(=O)CCc4c[nH]c5ccccc45)CC3)c(C)nc2c1. The maximum atomic E-state index is 12.8. The van der Waals surface area contributed by atoms with Gasteiger partial charge >= 0.3 is 0 Å². The number of aryl methyl sites for hydroxylation is 3. The van der Waals surface area contributed by atoms with E-state index in [0.717, 1.165) is 56.0 Å². The predicted molar refractivity (Wildman–Crippen MR) is 123 cm³/mol. The number of amides is 1. The molecule has 3 aromatic heterocycles. The molecule has 4 heterocycles. The number of aromatic amines is 1. The molecule has 1 fully saturated rings. The summed E-state index contributed by atoms with van der Waals surface area (Å²) < 4.78 is 2.20. The summed E-state index contributed by atoms with van der Waals surface area (Å²) in [6, 6.07) is 12.5. The molecule has 1 N–H and O–H groups in total. The Labute approximate surface area is 182 Å². The monoisotopic (exact) mass is 415 g/mol. The number of hydrogen-bond donors (Lipinski definition) is 1. The molecule has 160 valence electrons. The molecule has 1 aromatic carbocycles. The van der Waals surface area contributed by atoms with Crippen LogP contribution in [0.1, 0.15) is 28.9 Å². The summed E-state index contributed by atoms with van der Waals surface area (Å²) in [6.45, 7) is 8.44. The van der Waals surface area contributed by atoms with Crippen LogP contribution in [-0.4, -0.2) is 56.3 Å². The van der Waals surface area contributed by atoms with Gasteiger partial charge in [-0.3, -0.25) is 9.69 Å². The maximum Gasteiger partial charge on any atom is 0.222 e. The highest BCUT2D eigenvalue weighted by Crippen LogP contribution is 2.20. The molecule has 5 rings (SSSR count). The molecule has 0 atom stereocenters. The Hall–Kier alpha value is -3.12. The fraction of sp³-hybridized carbons (Fsp3) is 0.360. The number of pyridine rings is 1. The van der Waals surface area contributed by atoms with E-state index in [9.17, 15) is 4.79 Å². The zero-order chi connectivity index (χ0) is 21.4. The number of nitrogens with one attached hydrogen (secondary N) is 1. The second kappa shape index (κ2) is 8.19. The summed E-state index contributed by atoms with van der Waals surface area (Å²) in [6.07, 6.45) is 5.50. The van der Waals surface area contributed by atoms with E-state index in [1.165, 1.54) is 22.2 Å². The van der Waals surface area contributed by atoms with E-state index < -0.39 is 0 Å². The molecule has 0 saturated carbocycles. The van der Waals surface area contributed by atoms with Gasteiger partial charge in [-0.05, 0) is 49.6 Å². The maximum absolute atomic E-state index is 12.8. The van der Waals surface area contributed by atoms with Gasteiger partial charge in [-0.25, -0.2) is 4.98 Å². The first-order chi connectivity index (χ1) is 15.1. The van der Waals surface area contributed by atoms with Crippen molar-refractivity contribution in [3.05, 3.63) is 71.3 Å². The lowest BCUT2D eigenvalue weighted by Crippen LogP contribution is -2.48. The third-order valence-corrected chi connectivity index (χ3v) is 6.46. The van der Waals surface area contributed by atoms with Crippen LogP contribution < -0.4 is 0 Å². The molecule has 0 aliphatic carbocycles. The van der Waals surface area contributed by atoms with Gasteiger partial charge in [-0.15, -0.1) is 0 Å². The number of benzene rings is 1. The van der Waals surface area contributed by atoms with Crippen LogP contribution in [0.3, 0.4) is 0 Å². The van der Waals surface area contributed by atoms with E-state index in [0.29, 0.717) is 6.42 Å². The van der Waals surface area contributed by atoms with Gasteiger partial charge in [-0.1, -0.05) is 18.2 Å². The Morgan fingerprint density at radius 3 is 2.74 bits per heavy atom. The molecule has 6 heteroatoms. The summed E-state index contributed by atoms with van der Waals surface area (Å²) in [5.74, 6) is 0.256. The lowest BCUT2D eigenvalue weighted by atomic mass is 10.1. The molecule has 0 spiro atoms. The lowest BCUT2D eigenvalue weighted by Gasteiger charge is -2.34. The average molecular weight is 416 g/mol. The van der Waals surface area contributed by atoms with Crippen LogP contribution in [0.25, 0.3) is 16.6 Å². The smallest absolute Gasteiger partial charge is 0.222 e. The zero-order valence-corrected chi connectivity index (χ0v) is 18.3. The van der Waals surface area contributed by atoms with Gasteiger partial charge in [-0.2, -0.15) is 0 Å². The molecular weight excluding hydrogens is 386 g/mol. The summed E-state index contributed by atoms with van der Waals surface area (Å²) in [4.78, 5) is 25.3. The molecule has 1 aliphatic heterocycles. The van der Waals surface area contributed by atoms with Gasteiger partial charge < -0.3 is 14.3 Å². The van der Waals surface area contributed by atoms with E-state index in [2.05, 4.69) is 58.6 Å². The first-order valence-electron chi connectivity index (χ1n) is 11.1. The molecule has 0 bridgehead atoms. The van der Waals surface area contributed by atoms with Crippen LogP contribution in [0.5, 0.6) is 0 Å². The van der Waals surface area contributed by atoms with Crippen molar-refractivity contribution in [2.45, 2.75) is 33.2 Å². The Bertz CT molecular complexity index is 1230. The molecule has 1 amide bonds. The zero-order valence-electron chi connectivity index (χ0n) is 18.3. The Morgan fingerprint density at radius 1 is 1.10 bits per heavy atom. The van der Waals surface area contributed by atoms with Crippen molar-refractivity contribution < 1.29 is 4.79 Å². The van der Waals surface area contributed by atoms with E-state index in [1.807, 2.05) is 23.2 Å². The third kappa shape index (κ3) is 3.95. The molecule has 0 unspecified atom stereocenters. The van der Waals surface area contributed by atoms with Crippen LogP contribution in [0, 0.1) is 13.8 Å². The van der Waals surface area contributed by atoms with Gasteiger partial charge in [0.25, 0.3) is 0 Å². The van der Waals surface area contributed by atoms with Crippen molar-refractivity contribution in [2.75, 3.05) is 26.2 Å². The summed E-state index contributed by atoms with van der Waals surface area (Å²) in [7, 11) is 0. The minimum Gasteiger partial charge on any atom is -0.361 e. The number of imidazole rings is 1. The number of fused-ring (bicyclic) bond motifs is 2. The standard InChI is InChI=1S/C25H29N5O/c1-18-9-10-30-23(19(2)27-24(30)15-18)17-28-11-13-29(14-12-28)25(31)8-7-20-16-26-22-6-4-3-5-21(20)22/h3-6,9-10,15-16,26H,7-8,11-14,17H2,1-2H3. The minimum absolute atomic E-state index is 0.256. The molecule has 1 aliphatic rings. The molecule has 6 nitrogen and oxygen atoms in total. The number of para-hydroxylation sites is 1. The van der Waals surface area contributed by atoms with E-state index in [4.69, 9.17) is 4.98 Å². The highest BCUT2D eigenvalue weighted by atomic mass is 16.2. The number of rotatable bonds is 5. The van der Waals surface area contributed by atoms with Gasteiger partial charge in [0.15, 0.2) is 0 Å². The van der Waals surface area contributed by atoms with Crippen LogP contribution in [0.2, 0.25) is 0 Å². The third-order valence-electron chi connectivity index (χ3n) is 6.46. The fourth-order valence-electron chi connectivity index (χ4n) is 4.61. The van der Waals surface area contributed by atoms with Crippen LogP contribution in [-0.2, 0) is 17.8 Å². The normalized spacial score (nSPS) is 15.2. The van der Waals surface area contributed by atoms with Crippen LogP contribution in [0.15, 0.2) is 48.8 Å². The van der Waals surface area contributed by atoms with Gasteiger partial charge in [0.2, 0.25) is 5.91 Å². The number of piperazine rings is 1. The number of carbonyl (C=O) groups is 1. The number of hydrogen-bond acceptors (Lipinski definition) is 3. The minimum atomic E-state index is 0.256. The van der Waals surface area contributed by atoms with Crippen molar-refractivity contribution in [1.82, 2.24) is 24.2 Å². The molecule has 4 aromatic rings. The van der Waals surface area contributed by atoms with E-state index in [1.54, 1.807) is 0 Å². The Morgan fingerprint density at radius 2 is 1.90 bits per heavy atom. The Balaban J connectivity index is 1.17. The molecule has 31 heavy (non-hydrogen) atoms. The van der Waals surface area contributed by atoms with Crippen molar-refractivity contribution >= 4 is 22.5 Å². The summed E-state index contributed by atoms with van der Waals surface area (Å²) >= 11 is 0. The van der Waals surface area contributed by atoms with Crippen molar-refractivity contribution in [3.8, 4) is 0 Å². The molecule has 1 saturated heterocycles. The molecular formula is C25H29N5O. The topological polar surface area (TPSA) is 56.6 Å². The summed E-state index contributed by atoms with van der Waals surface area (Å²) in [5, 5.41) is 1.22. The van der Waals surface area contributed by atoms with Gasteiger partial charge in [0.1, 0.15) is 5.65 Å². The van der Waals surface area contributed by atoms with Gasteiger partial charge in [0, 0.05) is 62.4 Å². The first kappa shape index (κ1) is 19.8. The quantitative estimate of drug-likeness (QED) is 0.541. The Kier molecular flexibility index (Phi) is 5.24. The second-order valence-corrected chi connectivity index (χ2v) is 8.59. The predicted octanol–water partition coefficient (Wildman–Crippen LogP) is 3.71. The lowest BCUT2D eigenvalue weighted by molar-refractivity contribution is -0.133. The van der Waals surface area contributed by atoms with Crippen molar-refractivity contribution in [1.29, 1.82) is 0 Å². The number of H-pyrrole nitrogens is 1. The van der Waals surface area contributed by atoms with Crippen LogP contribution >= 0.6 is 0 Å². The first-order valence-corrected chi connectivity index (χ1v) is 11.1. The largest absolute Gasteiger partial charge is 0.361 e. The highest BCUT2D eigenvalue weighted by molar-refractivity contribution is 5.84.